The van der Waals surface area contributed by atoms with Gasteiger partial charge in [-0.05, 0) is 11.0 Å². The Morgan fingerprint density at radius 3 is 2.50 bits per heavy atom. The summed E-state index contributed by atoms with van der Waals surface area (Å²) in [6.07, 6.45) is 0. The Labute approximate surface area is 60.3 Å². The quantitative estimate of drug-likeness (QED) is 0.502. The van der Waals surface area contributed by atoms with Gasteiger partial charge in [-0.2, -0.15) is 0 Å². The average molecular weight is 261 g/mol. The molecule has 2 heteroatoms. The summed E-state index contributed by atoms with van der Waals surface area (Å²) in [6, 6.07) is 0. The van der Waals surface area contributed by atoms with E-state index in [1.807, 2.05) is 0 Å². The first-order valence-electron chi connectivity index (χ1n) is 1.63. The molecule has 0 heterocycles. The predicted molar refractivity (Wildman–Crippen MR) is 41.6 cm³/mol. The monoisotopic (exact) mass is 260 g/mol. The maximum Gasteiger partial charge on any atom is 0.0246 e. The molecule has 0 aliphatic rings. The lowest BCUT2D eigenvalue weighted by Gasteiger charge is -1.82. The average Bonchev–Trinajstić information content (AvgIpc) is 1.65. The van der Waals surface area contributed by atoms with Gasteiger partial charge in [0, 0.05) is 5.33 Å². The van der Waals surface area contributed by atoms with Gasteiger partial charge < -0.3 is 0 Å². The van der Waals surface area contributed by atoms with E-state index in [1.165, 1.54) is 5.57 Å². The van der Waals surface area contributed by atoms with Crippen LogP contribution in [0.2, 0.25) is 0 Å². The zero-order valence-corrected chi connectivity index (χ0v) is 7.28. The minimum absolute atomic E-state index is 0.996. The van der Waals surface area contributed by atoms with Crippen LogP contribution in [0.4, 0.5) is 0 Å². The molecule has 0 atom stereocenters. The van der Waals surface area contributed by atoms with E-state index in [-0.39, 0.29) is 0 Å². The zero-order valence-electron chi connectivity index (χ0n) is 3.54. The van der Waals surface area contributed by atoms with Crippen LogP contribution in [0.3, 0.4) is 0 Å². The van der Waals surface area contributed by atoms with Crippen molar-refractivity contribution in [2.24, 2.45) is 0 Å². The fourth-order valence-electron chi connectivity index (χ4n) is 0.0292. The molecule has 0 spiro atoms. The lowest BCUT2D eigenvalue weighted by Crippen LogP contribution is -1.67. The first kappa shape index (κ1) is 6.95. The number of rotatable bonds is 1. The van der Waals surface area contributed by atoms with Crippen molar-refractivity contribution in [3.63, 3.8) is 0 Å². The minimum atomic E-state index is 0.996. The second-order valence-electron chi connectivity index (χ2n) is 1.09. The zero-order chi connectivity index (χ0) is 4.99. The van der Waals surface area contributed by atoms with Crippen molar-refractivity contribution in [2.45, 2.75) is 6.92 Å². The van der Waals surface area contributed by atoms with Gasteiger partial charge in [0.25, 0.3) is 0 Å². The topological polar surface area (TPSA) is 0 Å². The normalized spacial score (nSPS) is 12.2. The maximum atomic E-state index is 3.30. The molecule has 0 amide bonds. The van der Waals surface area contributed by atoms with Crippen LogP contribution in [-0.2, 0) is 0 Å². The molecule has 0 radical (unpaired) electrons. The van der Waals surface area contributed by atoms with Gasteiger partial charge in [-0.1, -0.05) is 44.1 Å². The highest BCUT2D eigenvalue weighted by atomic mass is 127. The molecule has 0 aromatic heterocycles. The summed E-state index contributed by atoms with van der Waals surface area (Å²) in [5.74, 6) is 0. The van der Waals surface area contributed by atoms with Crippen molar-refractivity contribution in [2.75, 3.05) is 5.33 Å². The smallest absolute Gasteiger partial charge is 0.0246 e. The van der Waals surface area contributed by atoms with Crippen molar-refractivity contribution in [1.29, 1.82) is 0 Å². The summed E-state index contributed by atoms with van der Waals surface area (Å²) in [7, 11) is 0. The fraction of sp³-hybridized carbons (Fsp3) is 0.500. The minimum Gasteiger partial charge on any atom is -0.0880 e. The molecular formula is C4H6BrI. The highest BCUT2D eigenvalue weighted by molar-refractivity contribution is 14.1. The molecule has 0 N–H and O–H groups in total. The van der Waals surface area contributed by atoms with Crippen LogP contribution < -0.4 is 0 Å². The summed E-state index contributed by atoms with van der Waals surface area (Å²) in [6.45, 7) is 2.08. The number of alkyl halides is 1. The van der Waals surface area contributed by atoms with Crippen LogP contribution in [0.15, 0.2) is 9.66 Å². The molecule has 0 bridgehead atoms. The Bertz CT molecular complexity index is 58.6. The molecule has 0 saturated heterocycles. The third kappa shape index (κ3) is 3.15. The third-order valence-electron chi connectivity index (χ3n) is 0.397. The van der Waals surface area contributed by atoms with Crippen LogP contribution in [0.1, 0.15) is 6.92 Å². The van der Waals surface area contributed by atoms with Gasteiger partial charge in [-0.3, -0.25) is 0 Å². The van der Waals surface area contributed by atoms with Crippen molar-refractivity contribution in [1.82, 2.24) is 0 Å². The highest BCUT2D eigenvalue weighted by Gasteiger charge is 1.76. The molecule has 0 saturated carbocycles. The van der Waals surface area contributed by atoms with Crippen LogP contribution in [0.25, 0.3) is 0 Å². The van der Waals surface area contributed by atoms with Crippen LogP contribution in [0, 0.1) is 0 Å². The van der Waals surface area contributed by atoms with Gasteiger partial charge in [-0.25, -0.2) is 0 Å². The van der Waals surface area contributed by atoms with E-state index < -0.39 is 0 Å². The number of hydrogen-bond acceptors (Lipinski definition) is 0. The first-order valence-corrected chi connectivity index (χ1v) is 3.99. The largest absolute Gasteiger partial charge is 0.0880 e. The van der Waals surface area contributed by atoms with Crippen molar-refractivity contribution in [3.8, 4) is 0 Å². The molecule has 0 rings (SSSR count). The van der Waals surface area contributed by atoms with Gasteiger partial charge in [0.1, 0.15) is 0 Å². The molecule has 0 aliphatic heterocycles. The van der Waals surface area contributed by atoms with Gasteiger partial charge >= 0.3 is 0 Å². The summed E-state index contributed by atoms with van der Waals surface area (Å²) in [5, 5.41) is 0.996. The lowest BCUT2D eigenvalue weighted by atomic mass is 10.4. The first-order chi connectivity index (χ1) is 2.81. The van der Waals surface area contributed by atoms with E-state index in [2.05, 4.69) is 49.5 Å². The second-order valence-corrected chi connectivity index (χ2v) is 2.27. The van der Waals surface area contributed by atoms with Crippen LogP contribution in [-0.4, -0.2) is 5.33 Å². The van der Waals surface area contributed by atoms with E-state index in [0.717, 1.165) is 5.33 Å². The van der Waals surface area contributed by atoms with Crippen molar-refractivity contribution in [3.05, 3.63) is 9.66 Å². The Kier molecular flexibility index (Phi) is 4.77. The van der Waals surface area contributed by atoms with Crippen molar-refractivity contribution < 1.29 is 0 Å². The maximum absolute atomic E-state index is 3.30. The molecule has 0 aromatic rings. The van der Waals surface area contributed by atoms with Gasteiger partial charge in [0.05, 0.1) is 0 Å². The summed E-state index contributed by atoms with van der Waals surface area (Å²) in [4.78, 5) is 0. The van der Waals surface area contributed by atoms with Gasteiger partial charge in [0.2, 0.25) is 0 Å². The summed E-state index contributed by atoms with van der Waals surface area (Å²) in [5.41, 5.74) is 1.37. The standard InChI is InChI=1S/C4H6BrI/c1-4(2-5)3-6/h3H,2H2,1H3/b4-3+. The summed E-state index contributed by atoms with van der Waals surface area (Å²) >= 11 is 5.52. The summed E-state index contributed by atoms with van der Waals surface area (Å²) < 4.78 is 2.06. The predicted octanol–water partition coefficient (Wildman–Crippen LogP) is 2.72. The Morgan fingerprint density at radius 2 is 2.50 bits per heavy atom. The molecule has 0 aliphatic carbocycles. The third-order valence-corrected chi connectivity index (χ3v) is 2.34. The fourth-order valence-corrected chi connectivity index (χ4v) is 1.02. The molecule has 0 nitrogen and oxygen atoms in total. The number of allylic oxidation sites excluding steroid dienone is 1. The van der Waals surface area contributed by atoms with E-state index in [4.69, 9.17) is 0 Å². The molecule has 0 aromatic carbocycles. The van der Waals surface area contributed by atoms with Crippen LogP contribution in [0.5, 0.6) is 0 Å². The van der Waals surface area contributed by atoms with Gasteiger partial charge in [-0.15, -0.1) is 0 Å². The molecular weight excluding hydrogens is 255 g/mol. The molecule has 36 valence electrons. The van der Waals surface area contributed by atoms with Crippen molar-refractivity contribution >= 4 is 38.5 Å². The Morgan fingerprint density at radius 1 is 2.00 bits per heavy atom. The van der Waals surface area contributed by atoms with E-state index in [0.29, 0.717) is 0 Å². The molecule has 0 fully saturated rings. The van der Waals surface area contributed by atoms with E-state index in [9.17, 15) is 0 Å². The molecule has 0 unspecified atom stereocenters. The Balaban J connectivity index is 3.22. The molecule has 6 heavy (non-hydrogen) atoms. The van der Waals surface area contributed by atoms with Crippen LogP contribution >= 0.6 is 38.5 Å². The number of hydrogen-bond donors (Lipinski definition) is 0. The SMILES string of the molecule is C/C(=C\I)CBr. The lowest BCUT2D eigenvalue weighted by molar-refractivity contribution is 1.45. The Hall–Kier alpha value is 0.950. The van der Waals surface area contributed by atoms with E-state index >= 15 is 0 Å². The second kappa shape index (κ2) is 4.12. The number of halogens is 2. The van der Waals surface area contributed by atoms with Gasteiger partial charge in [0.15, 0.2) is 0 Å². The highest BCUT2D eigenvalue weighted by Crippen LogP contribution is 1.99. The van der Waals surface area contributed by atoms with E-state index in [1.54, 1.807) is 0 Å².